The van der Waals surface area contributed by atoms with Crippen LogP contribution in [0.25, 0.3) is 0 Å². The van der Waals surface area contributed by atoms with Gasteiger partial charge in [0, 0.05) is 38.1 Å². The van der Waals surface area contributed by atoms with Gasteiger partial charge in [0.15, 0.2) is 0 Å². The molecule has 1 heterocycles. The number of aryl methyl sites for hydroxylation is 1. The van der Waals surface area contributed by atoms with E-state index in [2.05, 4.69) is 24.4 Å². The van der Waals surface area contributed by atoms with Crippen LogP contribution in [0.4, 0.5) is 4.79 Å². The van der Waals surface area contributed by atoms with Gasteiger partial charge in [0.2, 0.25) is 5.91 Å². The van der Waals surface area contributed by atoms with Gasteiger partial charge < -0.3 is 15.1 Å². The molecule has 5 nitrogen and oxygen atoms in total. The molecule has 5 heteroatoms. The second-order valence-corrected chi connectivity index (χ2v) is 7.15. The molecule has 26 heavy (non-hydrogen) atoms. The third-order valence-corrected chi connectivity index (χ3v) is 5.27. The molecule has 1 aliphatic rings. The second-order valence-electron chi connectivity index (χ2n) is 7.15. The lowest BCUT2D eigenvalue weighted by molar-refractivity contribution is -0.126. The molecule has 0 saturated carbocycles. The van der Waals surface area contributed by atoms with Crippen LogP contribution in [-0.4, -0.2) is 54.0 Å². The number of urea groups is 1. The fourth-order valence-corrected chi connectivity index (χ4v) is 3.49. The maximum atomic E-state index is 12.5. The minimum atomic E-state index is 0.0231. The number of nitrogens with one attached hydrogen (secondary N) is 1. The molecule has 1 unspecified atom stereocenters. The Morgan fingerprint density at radius 2 is 1.77 bits per heavy atom. The lowest BCUT2D eigenvalue weighted by Crippen LogP contribution is -2.49. The molecule has 1 aromatic carbocycles. The number of benzene rings is 1. The topological polar surface area (TPSA) is 52.7 Å². The van der Waals surface area contributed by atoms with Crippen LogP contribution in [0, 0.1) is 5.92 Å². The van der Waals surface area contributed by atoms with Gasteiger partial charge in [-0.2, -0.15) is 0 Å². The first kappa shape index (κ1) is 20.3. The van der Waals surface area contributed by atoms with Gasteiger partial charge in [-0.25, -0.2) is 4.79 Å². The van der Waals surface area contributed by atoms with E-state index >= 15 is 0 Å². The maximum absolute atomic E-state index is 12.5. The molecule has 2 rings (SSSR count). The van der Waals surface area contributed by atoms with Gasteiger partial charge in [0.1, 0.15) is 0 Å². The molecule has 0 aromatic heterocycles. The van der Waals surface area contributed by atoms with E-state index in [4.69, 9.17) is 0 Å². The Labute approximate surface area is 157 Å². The molecule has 0 aliphatic carbocycles. The Hall–Kier alpha value is -2.04. The number of amides is 3. The number of rotatable bonds is 7. The normalized spacial score (nSPS) is 16.2. The highest BCUT2D eigenvalue weighted by atomic mass is 16.2. The molecule has 0 bridgehead atoms. The number of likely N-dealkylation sites (tertiary alicyclic amines) is 1. The van der Waals surface area contributed by atoms with Crippen LogP contribution in [0.3, 0.4) is 0 Å². The SMILES string of the molecule is CCN(CC)C(=O)N1CCC(C(=O)NC(C)CCc2ccccc2)CC1. The van der Waals surface area contributed by atoms with Gasteiger partial charge in [0.05, 0.1) is 0 Å². The Morgan fingerprint density at radius 3 is 2.35 bits per heavy atom. The van der Waals surface area contributed by atoms with Crippen molar-refractivity contribution in [2.45, 2.75) is 52.5 Å². The van der Waals surface area contributed by atoms with Crippen LogP contribution in [0.1, 0.15) is 45.6 Å². The van der Waals surface area contributed by atoms with Crippen molar-refractivity contribution in [3.8, 4) is 0 Å². The van der Waals surface area contributed by atoms with Gasteiger partial charge in [-0.1, -0.05) is 30.3 Å². The fourth-order valence-electron chi connectivity index (χ4n) is 3.49. The zero-order valence-electron chi connectivity index (χ0n) is 16.4. The Bertz CT molecular complexity index is 564. The van der Waals surface area contributed by atoms with E-state index < -0.39 is 0 Å². The van der Waals surface area contributed by atoms with Crippen LogP contribution in [0.5, 0.6) is 0 Å². The van der Waals surface area contributed by atoms with Crippen molar-refractivity contribution < 1.29 is 9.59 Å². The third-order valence-electron chi connectivity index (χ3n) is 5.27. The highest BCUT2D eigenvalue weighted by Gasteiger charge is 2.29. The molecule has 1 saturated heterocycles. The first-order valence-electron chi connectivity index (χ1n) is 9.93. The molecule has 1 atom stereocenters. The van der Waals surface area contributed by atoms with Crippen LogP contribution >= 0.6 is 0 Å². The van der Waals surface area contributed by atoms with Gasteiger partial charge in [0.25, 0.3) is 0 Å². The smallest absolute Gasteiger partial charge is 0.319 e. The second kappa shape index (κ2) is 10.2. The van der Waals surface area contributed by atoms with Crippen molar-refractivity contribution in [3.63, 3.8) is 0 Å². The highest BCUT2D eigenvalue weighted by Crippen LogP contribution is 2.19. The molecular weight excluding hydrogens is 326 g/mol. The van der Waals surface area contributed by atoms with Crippen molar-refractivity contribution in [2.24, 2.45) is 5.92 Å². The van der Waals surface area contributed by atoms with Crippen molar-refractivity contribution in [1.29, 1.82) is 0 Å². The molecule has 0 spiro atoms. The molecular formula is C21H33N3O2. The Morgan fingerprint density at radius 1 is 1.15 bits per heavy atom. The summed E-state index contributed by atoms with van der Waals surface area (Å²) >= 11 is 0. The summed E-state index contributed by atoms with van der Waals surface area (Å²) in [6.45, 7) is 8.87. The Kier molecular flexibility index (Phi) is 7.95. The van der Waals surface area contributed by atoms with Crippen LogP contribution in [-0.2, 0) is 11.2 Å². The van der Waals surface area contributed by atoms with E-state index in [-0.39, 0.29) is 23.9 Å². The fraction of sp³-hybridized carbons (Fsp3) is 0.619. The van der Waals surface area contributed by atoms with E-state index in [1.165, 1.54) is 5.56 Å². The summed E-state index contributed by atoms with van der Waals surface area (Å²) in [6.07, 6.45) is 3.42. The molecule has 1 fully saturated rings. The largest absolute Gasteiger partial charge is 0.353 e. The average Bonchev–Trinajstić information content (AvgIpc) is 2.68. The van der Waals surface area contributed by atoms with Crippen molar-refractivity contribution in [2.75, 3.05) is 26.2 Å². The lowest BCUT2D eigenvalue weighted by atomic mass is 9.95. The summed E-state index contributed by atoms with van der Waals surface area (Å²) in [5.74, 6) is 0.162. The summed E-state index contributed by atoms with van der Waals surface area (Å²) < 4.78 is 0. The summed E-state index contributed by atoms with van der Waals surface area (Å²) in [7, 11) is 0. The standard InChI is InChI=1S/C21H33N3O2/c1-4-23(5-2)21(26)24-15-13-19(14-16-24)20(25)22-17(3)11-12-18-9-7-6-8-10-18/h6-10,17,19H,4-5,11-16H2,1-3H3,(H,22,25). The Balaban J connectivity index is 1.73. The average molecular weight is 360 g/mol. The number of hydrogen-bond donors (Lipinski definition) is 1. The molecule has 1 N–H and O–H groups in total. The quantitative estimate of drug-likeness (QED) is 0.812. The summed E-state index contributed by atoms with van der Waals surface area (Å²) in [5, 5.41) is 3.16. The molecule has 3 amide bonds. The van der Waals surface area contributed by atoms with E-state index in [9.17, 15) is 9.59 Å². The predicted molar refractivity (Wildman–Crippen MR) is 105 cm³/mol. The van der Waals surface area contributed by atoms with Gasteiger partial charge in [-0.3, -0.25) is 4.79 Å². The van der Waals surface area contributed by atoms with Crippen LogP contribution in [0.15, 0.2) is 30.3 Å². The van der Waals surface area contributed by atoms with E-state index in [1.807, 2.05) is 41.8 Å². The summed E-state index contributed by atoms with van der Waals surface area (Å²) in [5.41, 5.74) is 1.30. The zero-order valence-corrected chi connectivity index (χ0v) is 16.4. The van der Waals surface area contributed by atoms with Gasteiger partial charge >= 0.3 is 6.03 Å². The monoisotopic (exact) mass is 359 g/mol. The van der Waals surface area contributed by atoms with Gasteiger partial charge in [-0.05, 0) is 52.0 Å². The minimum Gasteiger partial charge on any atom is -0.353 e. The number of carbonyl (C=O) groups excluding carboxylic acids is 2. The molecule has 0 radical (unpaired) electrons. The van der Waals surface area contributed by atoms with Crippen molar-refractivity contribution >= 4 is 11.9 Å². The van der Waals surface area contributed by atoms with Crippen molar-refractivity contribution in [3.05, 3.63) is 35.9 Å². The van der Waals surface area contributed by atoms with Crippen LogP contribution < -0.4 is 5.32 Å². The molecule has 144 valence electrons. The first-order valence-corrected chi connectivity index (χ1v) is 9.93. The lowest BCUT2D eigenvalue weighted by Gasteiger charge is -2.35. The number of carbonyl (C=O) groups is 2. The predicted octanol–water partition coefficient (Wildman–Crippen LogP) is 3.30. The first-order chi connectivity index (χ1) is 12.5. The van der Waals surface area contributed by atoms with Gasteiger partial charge in [-0.15, -0.1) is 0 Å². The third kappa shape index (κ3) is 5.75. The molecule has 1 aliphatic heterocycles. The number of hydrogen-bond acceptors (Lipinski definition) is 2. The van der Waals surface area contributed by atoms with Crippen molar-refractivity contribution in [1.82, 2.24) is 15.1 Å². The number of piperidine rings is 1. The zero-order chi connectivity index (χ0) is 18.9. The van der Waals surface area contributed by atoms with Crippen LogP contribution in [0.2, 0.25) is 0 Å². The van der Waals surface area contributed by atoms with E-state index in [1.54, 1.807) is 0 Å². The van der Waals surface area contributed by atoms with E-state index in [0.717, 1.165) is 38.8 Å². The van der Waals surface area contributed by atoms with E-state index in [0.29, 0.717) is 13.1 Å². The summed E-state index contributed by atoms with van der Waals surface area (Å²) in [4.78, 5) is 28.6. The highest BCUT2D eigenvalue weighted by molar-refractivity contribution is 5.80. The maximum Gasteiger partial charge on any atom is 0.319 e. The molecule has 1 aromatic rings. The minimum absolute atomic E-state index is 0.0231. The summed E-state index contributed by atoms with van der Waals surface area (Å²) in [6, 6.07) is 10.6. The number of nitrogens with zero attached hydrogens (tertiary/aromatic N) is 2.